The number of carbonyl (C=O) groups is 1. The smallest absolute Gasteiger partial charge is 0.141 e. The summed E-state index contributed by atoms with van der Waals surface area (Å²) >= 11 is 3.56. The lowest BCUT2D eigenvalue weighted by molar-refractivity contribution is -0.117. The monoisotopic (exact) mass is 644 g/mol. The summed E-state index contributed by atoms with van der Waals surface area (Å²) in [7, 11) is 4.16. The predicted octanol–water partition coefficient (Wildman–Crippen LogP) is 8.03. The Morgan fingerprint density at radius 1 is 1.05 bits per heavy atom. The summed E-state index contributed by atoms with van der Waals surface area (Å²) < 4.78 is 9.35. The molecule has 228 valence electrons. The molecule has 6 nitrogen and oxygen atoms in total. The Bertz CT molecular complexity index is 1470. The first kappa shape index (κ1) is 31.4. The van der Waals surface area contributed by atoms with Crippen molar-refractivity contribution in [3.63, 3.8) is 0 Å². The zero-order valence-electron chi connectivity index (χ0n) is 25.8. The highest BCUT2D eigenvalue weighted by atomic mass is 79.9. The van der Waals surface area contributed by atoms with Crippen LogP contribution in [-0.4, -0.2) is 54.0 Å². The minimum Gasteiger partial charge on any atom is -0.494 e. The number of Topliss-reactive ketones (excluding diaryl/α,β-unsaturated/α-hetero) is 1. The number of ketones is 1. The third-order valence-electron chi connectivity index (χ3n) is 8.43. The fourth-order valence-electron chi connectivity index (χ4n) is 6.08. The first-order valence-electron chi connectivity index (χ1n) is 15.7. The minimum absolute atomic E-state index is 0.00664. The summed E-state index contributed by atoms with van der Waals surface area (Å²) in [5, 5.41) is 3.76. The van der Waals surface area contributed by atoms with Gasteiger partial charge in [0, 0.05) is 35.6 Å². The van der Waals surface area contributed by atoms with Crippen LogP contribution in [0.15, 0.2) is 71.2 Å². The van der Waals surface area contributed by atoms with E-state index in [0.717, 1.165) is 57.7 Å². The van der Waals surface area contributed by atoms with E-state index in [0.29, 0.717) is 25.5 Å². The molecule has 1 unspecified atom stereocenters. The van der Waals surface area contributed by atoms with E-state index >= 15 is 0 Å². The quantitative estimate of drug-likeness (QED) is 0.141. The van der Waals surface area contributed by atoms with Gasteiger partial charge in [0.05, 0.1) is 17.6 Å². The van der Waals surface area contributed by atoms with Gasteiger partial charge in [0.25, 0.3) is 0 Å². The molecule has 1 N–H and O–H groups in total. The molecule has 1 aromatic heterocycles. The minimum atomic E-state index is -0.00664. The number of halogens is 1. The summed E-state index contributed by atoms with van der Waals surface area (Å²) in [4.78, 5) is 19.6. The molecule has 1 fully saturated rings. The highest BCUT2D eigenvalue weighted by Gasteiger charge is 2.20. The second kappa shape index (κ2) is 15.1. The summed E-state index contributed by atoms with van der Waals surface area (Å²) in [6, 6.07) is 23.3. The Morgan fingerprint density at radius 2 is 1.79 bits per heavy atom. The molecule has 7 heteroatoms. The standard InChI is InChI=1S/C36H45BrN4O2/c1-26(42)22-33(38-24-27-8-5-4-6-9-27)30-14-19-35-34(23-30)39-36(41(35)25-28-10-15-31(37)16-11-28)29-12-17-32(18-13-29)43-21-7-20-40(2)3/h10-19,23,27,33,38H,4-9,20-22,24-25H2,1-3H3. The van der Waals surface area contributed by atoms with Crippen molar-refractivity contribution in [3.8, 4) is 17.1 Å². The fraction of sp³-hybridized carbons (Fsp3) is 0.444. The molecule has 43 heavy (non-hydrogen) atoms. The Kier molecular flexibility index (Phi) is 11.1. The molecule has 0 bridgehead atoms. The van der Waals surface area contributed by atoms with Crippen molar-refractivity contribution in [1.82, 2.24) is 19.8 Å². The van der Waals surface area contributed by atoms with E-state index in [9.17, 15) is 4.79 Å². The van der Waals surface area contributed by atoms with Gasteiger partial charge < -0.3 is 19.5 Å². The van der Waals surface area contributed by atoms with Crippen LogP contribution in [0.4, 0.5) is 0 Å². The van der Waals surface area contributed by atoms with E-state index in [1.54, 1.807) is 6.92 Å². The van der Waals surface area contributed by atoms with E-state index < -0.39 is 0 Å². The molecule has 1 saturated carbocycles. The van der Waals surface area contributed by atoms with Gasteiger partial charge >= 0.3 is 0 Å². The number of hydrogen-bond donors (Lipinski definition) is 1. The van der Waals surface area contributed by atoms with E-state index in [1.165, 1.54) is 37.7 Å². The Hall–Kier alpha value is -3.00. The lowest BCUT2D eigenvalue weighted by Gasteiger charge is -2.25. The normalized spacial score (nSPS) is 14.8. The predicted molar refractivity (Wildman–Crippen MR) is 180 cm³/mol. The fourth-order valence-corrected chi connectivity index (χ4v) is 6.35. The molecule has 1 aliphatic rings. The van der Waals surface area contributed by atoms with Crippen LogP contribution in [0.25, 0.3) is 22.4 Å². The van der Waals surface area contributed by atoms with Crippen LogP contribution in [0.2, 0.25) is 0 Å². The molecule has 4 aromatic rings. The van der Waals surface area contributed by atoms with Crippen molar-refractivity contribution < 1.29 is 9.53 Å². The number of carbonyl (C=O) groups excluding carboxylic acids is 1. The van der Waals surface area contributed by atoms with Gasteiger partial charge in [-0.15, -0.1) is 0 Å². The maximum absolute atomic E-state index is 12.3. The maximum Gasteiger partial charge on any atom is 0.141 e. The van der Waals surface area contributed by atoms with E-state index in [1.807, 2.05) is 12.1 Å². The van der Waals surface area contributed by atoms with Crippen LogP contribution in [0.3, 0.4) is 0 Å². The average Bonchev–Trinajstić information content (AvgIpc) is 3.36. The molecule has 5 rings (SSSR count). The number of ether oxygens (including phenoxy) is 1. The summed E-state index contributed by atoms with van der Waals surface area (Å²) in [5.41, 5.74) is 5.41. The second-order valence-corrected chi connectivity index (χ2v) is 13.2. The summed E-state index contributed by atoms with van der Waals surface area (Å²) in [6.07, 6.45) is 8.02. The molecular weight excluding hydrogens is 600 g/mol. The molecule has 3 aromatic carbocycles. The zero-order valence-corrected chi connectivity index (χ0v) is 27.4. The van der Waals surface area contributed by atoms with Gasteiger partial charge in [-0.25, -0.2) is 4.98 Å². The van der Waals surface area contributed by atoms with Crippen molar-refractivity contribution in [2.24, 2.45) is 5.92 Å². The maximum atomic E-state index is 12.3. The second-order valence-electron chi connectivity index (χ2n) is 12.3. The number of imidazole rings is 1. The molecule has 0 amide bonds. The largest absolute Gasteiger partial charge is 0.494 e. The first-order chi connectivity index (χ1) is 20.9. The van der Waals surface area contributed by atoms with E-state index in [-0.39, 0.29) is 11.8 Å². The number of benzene rings is 3. The Labute approximate surface area is 265 Å². The van der Waals surface area contributed by atoms with Crippen LogP contribution in [-0.2, 0) is 11.3 Å². The highest BCUT2D eigenvalue weighted by Crippen LogP contribution is 2.31. The van der Waals surface area contributed by atoms with Crippen LogP contribution in [0.1, 0.15) is 69.0 Å². The Morgan fingerprint density at radius 3 is 2.49 bits per heavy atom. The van der Waals surface area contributed by atoms with Crippen LogP contribution in [0.5, 0.6) is 5.75 Å². The van der Waals surface area contributed by atoms with Gasteiger partial charge in [-0.3, -0.25) is 4.79 Å². The molecule has 1 atom stereocenters. The first-order valence-corrected chi connectivity index (χ1v) is 16.5. The van der Waals surface area contributed by atoms with Gasteiger partial charge in [-0.05, 0) is 112 Å². The Balaban J connectivity index is 1.43. The number of fused-ring (bicyclic) bond motifs is 1. The van der Waals surface area contributed by atoms with Crippen molar-refractivity contribution in [2.75, 3.05) is 33.8 Å². The molecule has 0 aliphatic heterocycles. The number of aromatic nitrogens is 2. The van der Waals surface area contributed by atoms with Gasteiger partial charge in [0.2, 0.25) is 0 Å². The highest BCUT2D eigenvalue weighted by molar-refractivity contribution is 9.10. The van der Waals surface area contributed by atoms with Gasteiger partial charge in [0.1, 0.15) is 17.4 Å². The van der Waals surface area contributed by atoms with Crippen molar-refractivity contribution in [1.29, 1.82) is 0 Å². The third kappa shape index (κ3) is 8.78. The summed E-state index contributed by atoms with van der Waals surface area (Å²) in [6.45, 7) is 5.05. The SMILES string of the molecule is CC(=O)CC(NCC1CCCCC1)c1ccc2c(c1)nc(-c1ccc(OCCCN(C)C)cc1)n2Cc1ccc(Br)cc1. The third-order valence-corrected chi connectivity index (χ3v) is 8.96. The van der Waals surface area contributed by atoms with Gasteiger partial charge in [-0.1, -0.05) is 53.4 Å². The molecule has 0 spiro atoms. The molecule has 1 aliphatic carbocycles. The lowest BCUT2D eigenvalue weighted by Crippen LogP contribution is -2.29. The van der Waals surface area contributed by atoms with E-state index in [4.69, 9.17) is 9.72 Å². The van der Waals surface area contributed by atoms with Crippen molar-refractivity contribution >= 4 is 32.7 Å². The summed E-state index contributed by atoms with van der Waals surface area (Å²) in [5.74, 6) is 2.69. The van der Waals surface area contributed by atoms with Crippen LogP contribution in [0, 0.1) is 5.92 Å². The topological polar surface area (TPSA) is 59.4 Å². The van der Waals surface area contributed by atoms with Crippen LogP contribution >= 0.6 is 15.9 Å². The number of nitrogens with zero attached hydrogens (tertiary/aromatic N) is 3. The van der Waals surface area contributed by atoms with Gasteiger partial charge in [0.15, 0.2) is 0 Å². The lowest BCUT2D eigenvalue weighted by atomic mass is 9.89. The van der Waals surface area contributed by atoms with Crippen molar-refractivity contribution in [3.05, 3.63) is 82.3 Å². The van der Waals surface area contributed by atoms with Gasteiger partial charge in [-0.2, -0.15) is 0 Å². The average molecular weight is 646 g/mol. The number of hydrogen-bond acceptors (Lipinski definition) is 5. The zero-order chi connectivity index (χ0) is 30.2. The molecule has 1 heterocycles. The number of nitrogens with one attached hydrogen (secondary N) is 1. The van der Waals surface area contributed by atoms with Crippen molar-refractivity contribution in [2.45, 2.75) is 64.5 Å². The van der Waals surface area contributed by atoms with Crippen LogP contribution < -0.4 is 10.1 Å². The molecule has 0 saturated heterocycles. The molecular formula is C36H45BrN4O2. The number of rotatable bonds is 14. The van der Waals surface area contributed by atoms with E-state index in [2.05, 4.69) is 99.4 Å². The molecule has 0 radical (unpaired) electrons.